The van der Waals surface area contributed by atoms with Gasteiger partial charge in [-0.2, -0.15) is 0 Å². The summed E-state index contributed by atoms with van der Waals surface area (Å²) < 4.78 is 10.7. The van der Waals surface area contributed by atoms with E-state index in [1.807, 2.05) is 25.7 Å². The third-order valence-corrected chi connectivity index (χ3v) is 3.59. The first-order valence-corrected chi connectivity index (χ1v) is 6.81. The fraction of sp³-hybridized carbons (Fsp3) is 0.846. The summed E-state index contributed by atoms with van der Waals surface area (Å²) in [4.78, 5) is 13.3. The smallest absolute Gasteiger partial charge is 0.312 e. The standard InChI is InChI=1S/C13H23NO4S/c1-12(2,3)18-11(19)14-7-5-13(6-8-14,9-17-4)10(15)16/h5-9H2,1-4H3,(H,15,16). The average molecular weight is 289 g/mol. The van der Waals surface area contributed by atoms with Crippen molar-refractivity contribution in [2.75, 3.05) is 26.8 Å². The van der Waals surface area contributed by atoms with Gasteiger partial charge in [-0.25, -0.2) is 0 Å². The highest BCUT2D eigenvalue weighted by Crippen LogP contribution is 2.32. The van der Waals surface area contributed by atoms with Crippen molar-refractivity contribution in [3.05, 3.63) is 0 Å². The molecule has 0 aromatic heterocycles. The summed E-state index contributed by atoms with van der Waals surface area (Å²) in [6, 6.07) is 0. The molecule has 1 saturated heterocycles. The number of carboxylic acids is 1. The molecule has 1 aliphatic heterocycles. The molecule has 1 rings (SSSR count). The summed E-state index contributed by atoms with van der Waals surface area (Å²) >= 11 is 5.25. The number of piperidine rings is 1. The van der Waals surface area contributed by atoms with E-state index in [4.69, 9.17) is 21.7 Å². The van der Waals surface area contributed by atoms with Crippen molar-refractivity contribution < 1.29 is 19.4 Å². The van der Waals surface area contributed by atoms with Crippen LogP contribution in [0.4, 0.5) is 0 Å². The van der Waals surface area contributed by atoms with E-state index in [0.717, 1.165) is 0 Å². The van der Waals surface area contributed by atoms with Gasteiger partial charge in [0.05, 0.1) is 12.0 Å². The van der Waals surface area contributed by atoms with Crippen LogP contribution in [0.3, 0.4) is 0 Å². The molecule has 5 nitrogen and oxygen atoms in total. The molecule has 1 heterocycles. The molecule has 1 N–H and O–H groups in total. The number of rotatable bonds is 3. The quantitative estimate of drug-likeness (QED) is 0.801. The number of likely N-dealkylation sites (tertiary alicyclic amines) is 1. The van der Waals surface area contributed by atoms with E-state index in [2.05, 4.69) is 0 Å². The zero-order valence-corrected chi connectivity index (χ0v) is 12.9. The predicted octanol–water partition coefficient (Wildman–Crippen LogP) is 1.90. The Kier molecular flexibility index (Phi) is 5.15. The molecule has 19 heavy (non-hydrogen) atoms. The minimum Gasteiger partial charge on any atom is -0.481 e. The minimum atomic E-state index is -0.795. The van der Waals surface area contributed by atoms with E-state index in [0.29, 0.717) is 31.1 Å². The zero-order valence-electron chi connectivity index (χ0n) is 12.1. The topological polar surface area (TPSA) is 59.0 Å². The molecule has 0 saturated carbocycles. The van der Waals surface area contributed by atoms with Crippen molar-refractivity contribution in [2.45, 2.75) is 39.2 Å². The molecule has 1 fully saturated rings. The SMILES string of the molecule is COCC1(C(=O)O)CCN(C(=S)OC(C)(C)C)CC1. The Balaban J connectivity index is 2.61. The van der Waals surface area contributed by atoms with E-state index in [1.165, 1.54) is 7.11 Å². The van der Waals surface area contributed by atoms with Gasteiger partial charge in [0.15, 0.2) is 0 Å². The first-order chi connectivity index (χ1) is 8.70. The molecule has 0 radical (unpaired) electrons. The molecule has 0 aromatic rings. The van der Waals surface area contributed by atoms with E-state index in [1.54, 1.807) is 0 Å². The van der Waals surface area contributed by atoms with Crippen molar-refractivity contribution in [3.8, 4) is 0 Å². The maximum Gasteiger partial charge on any atom is 0.312 e. The Hall–Kier alpha value is -0.880. The Morgan fingerprint density at radius 3 is 2.26 bits per heavy atom. The Bertz CT molecular complexity index is 343. The minimum absolute atomic E-state index is 0.239. The van der Waals surface area contributed by atoms with Gasteiger partial charge in [-0.1, -0.05) is 0 Å². The van der Waals surface area contributed by atoms with Gasteiger partial charge in [-0.15, -0.1) is 0 Å². The zero-order chi connectivity index (χ0) is 14.7. The van der Waals surface area contributed by atoms with Gasteiger partial charge >= 0.3 is 5.97 Å². The number of thiocarbonyl (C=S) groups is 1. The molecule has 0 unspecified atom stereocenters. The van der Waals surface area contributed by atoms with E-state index >= 15 is 0 Å². The summed E-state index contributed by atoms with van der Waals surface area (Å²) in [7, 11) is 1.53. The van der Waals surface area contributed by atoms with Crippen molar-refractivity contribution in [3.63, 3.8) is 0 Å². The first kappa shape index (κ1) is 16.2. The lowest BCUT2D eigenvalue weighted by Crippen LogP contribution is -2.49. The van der Waals surface area contributed by atoms with E-state index in [-0.39, 0.29) is 12.2 Å². The number of ether oxygens (including phenoxy) is 2. The van der Waals surface area contributed by atoms with Crippen LogP contribution in [0.15, 0.2) is 0 Å². The predicted molar refractivity (Wildman–Crippen MR) is 76.2 cm³/mol. The summed E-state index contributed by atoms with van der Waals surface area (Å²) in [6.45, 7) is 7.24. The summed E-state index contributed by atoms with van der Waals surface area (Å²) in [5, 5.41) is 9.82. The molecule has 1 aliphatic rings. The summed E-state index contributed by atoms with van der Waals surface area (Å²) in [5.74, 6) is -0.795. The molecule has 0 atom stereocenters. The average Bonchev–Trinajstić information content (AvgIpc) is 2.27. The molecule has 0 spiro atoms. The molecule has 0 amide bonds. The largest absolute Gasteiger partial charge is 0.481 e. The van der Waals surface area contributed by atoms with Gasteiger partial charge in [0, 0.05) is 20.2 Å². The van der Waals surface area contributed by atoms with Gasteiger partial charge in [-0.05, 0) is 45.8 Å². The number of carboxylic acid groups (broad SMARTS) is 1. The van der Waals surface area contributed by atoms with Gasteiger partial charge in [0.2, 0.25) is 0 Å². The van der Waals surface area contributed by atoms with Crippen molar-refractivity contribution in [1.82, 2.24) is 4.90 Å². The van der Waals surface area contributed by atoms with Crippen molar-refractivity contribution in [2.24, 2.45) is 5.41 Å². The van der Waals surface area contributed by atoms with Crippen LogP contribution >= 0.6 is 12.2 Å². The number of methoxy groups -OCH3 is 1. The second kappa shape index (κ2) is 6.05. The van der Waals surface area contributed by atoms with Crippen LogP contribution in [0.1, 0.15) is 33.6 Å². The van der Waals surface area contributed by atoms with Crippen LogP contribution in [0.25, 0.3) is 0 Å². The second-order valence-electron chi connectivity index (χ2n) is 5.99. The number of aliphatic carboxylic acids is 1. The van der Waals surface area contributed by atoms with Crippen LogP contribution in [-0.4, -0.2) is 53.6 Å². The van der Waals surface area contributed by atoms with Gasteiger partial charge in [0.25, 0.3) is 5.17 Å². The lowest BCUT2D eigenvalue weighted by Gasteiger charge is -2.40. The van der Waals surface area contributed by atoms with Crippen LogP contribution in [0.5, 0.6) is 0 Å². The first-order valence-electron chi connectivity index (χ1n) is 6.40. The number of hydrogen-bond donors (Lipinski definition) is 1. The Labute approximate surface area is 119 Å². The molecule has 0 aliphatic carbocycles. The maximum atomic E-state index is 11.4. The highest BCUT2D eigenvalue weighted by atomic mass is 32.1. The van der Waals surface area contributed by atoms with Gasteiger partial charge < -0.3 is 19.5 Å². The molecular weight excluding hydrogens is 266 g/mol. The van der Waals surface area contributed by atoms with Gasteiger partial charge in [0.1, 0.15) is 5.60 Å². The normalized spacial score (nSPS) is 19.1. The highest BCUT2D eigenvalue weighted by molar-refractivity contribution is 7.80. The van der Waals surface area contributed by atoms with Crippen LogP contribution < -0.4 is 0 Å². The molecule has 110 valence electrons. The van der Waals surface area contributed by atoms with Gasteiger partial charge in [-0.3, -0.25) is 4.79 Å². The lowest BCUT2D eigenvalue weighted by atomic mass is 9.79. The third-order valence-electron chi connectivity index (χ3n) is 3.25. The fourth-order valence-electron chi connectivity index (χ4n) is 2.14. The number of nitrogens with zero attached hydrogens (tertiary/aromatic N) is 1. The molecule has 0 aromatic carbocycles. The lowest BCUT2D eigenvalue weighted by molar-refractivity contribution is -0.155. The Morgan fingerprint density at radius 2 is 1.89 bits per heavy atom. The van der Waals surface area contributed by atoms with Crippen molar-refractivity contribution in [1.29, 1.82) is 0 Å². The van der Waals surface area contributed by atoms with E-state index in [9.17, 15) is 9.90 Å². The fourth-order valence-corrected chi connectivity index (χ4v) is 2.57. The maximum absolute atomic E-state index is 11.4. The second-order valence-corrected chi connectivity index (χ2v) is 6.34. The van der Waals surface area contributed by atoms with Crippen LogP contribution in [-0.2, 0) is 14.3 Å². The Morgan fingerprint density at radius 1 is 1.37 bits per heavy atom. The molecule has 0 bridgehead atoms. The number of carbonyl (C=O) groups is 1. The number of hydrogen-bond acceptors (Lipinski definition) is 4. The monoisotopic (exact) mass is 289 g/mol. The van der Waals surface area contributed by atoms with Crippen LogP contribution in [0.2, 0.25) is 0 Å². The molecular formula is C13H23NO4S. The molecule has 6 heteroatoms. The van der Waals surface area contributed by atoms with Crippen LogP contribution in [0, 0.1) is 5.41 Å². The third kappa shape index (κ3) is 4.31. The summed E-state index contributed by atoms with van der Waals surface area (Å²) in [6.07, 6.45) is 1.04. The highest BCUT2D eigenvalue weighted by Gasteiger charge is 2.42. The van der Waals surface area contributed by atoms with Crippen molar-refractivity contribution >= 4 is 23.4 Å². The summed E-state index contributed by atoms with van der Waals surface area (Å²) in [5.41, 5.74) is -1.12. The van der Waals surface area contributed by atoms with E-state index < -0.39 is 11.4 Å².